The summed E-state index contributed by atoms with van der Waals surface area (Å²) in [6, 6.07) is 0.513. The molecule has 0 aromatic carbocycles. The molecular formula is C15H27NO2S2. The molecule has 4 atom stereocenters. The molecule has 0 saturated carbocycles. The van der Waals surface area contributed by atoms with Crippen molar-refractivity contribution in [3.63, 3.8) is 0 Å². The van der Waals surface area contributed by atoms with E-state index in [1.807, 2.05) is 11.8 Å². The zero-order valence-corrected chi connectivity index (χ0v) is 14.1. The van der Waals surface area contributed by atoms with E-state index < -0.39 is 0 Å². The van der Waals surface area contributed by atoms with Gasteiger partial charge in [0.25, 0.3) is 0 Å². The number of ether oxygens (including phenoxy) is 2. The van der Waals surface area contributed by atoms with E-state index in [1.165, 1.54) is 30.8 Å². The van der Waals surface area contributed by atoms with E-state index >= 15 is 0 Å². The van der Waals surface area contributed by atoms with Crippen molar-refractivity contribution in [2.24, 2.45) is 5.92 Å². The Labute approximate surface area is 131 Å². The number of hydrogen-bond donors (Lipinski definition) is 1. The molecule has 0 bridgehead atoms. The molecule has 4 unspecified atom stereocenters. The van der Waals surface area contributed by atoms with Crippen LogP contribution in [0, 0.1) is 5.92 Å². The van der Waals surface area contributed by atoms with Crippen molar-refractivity contribution in [1.82, 2.24) is 5.32 Å². The van der Waals surface area contributed by atoms with Gasteiger partial charge in [0.1, 0.15) is 0 Å². The molecule has 3 fully saturated rings. The second-order valence-electron chi connectivity index (χ2n) is 6.15. The van der Waals surface area contributed by atoms with E-state index in [0.29, 0.717) is 18.1 Å². The molecule has 20 heavy (non-hydrogen) atoms. The Morgan fingerprint density at radius 2 is 2.25 bits per heavy atom. The number of thioether (sulfide) groups is 2. The SMILES string of the molecule is CCNC(C1CCOC2(CCSC2)C1)C1CSCCO1. The zero-order valence-electron chi connectivity index (χ0n) is 12.4. The van der Waals surface area contributed by atoms with Gasteiger partial charge >= 0.3 is 0 Å². The molecule has 3 saturated heterocycles. The monoisotopic (exact) mass is 317 g/mol. The van der Waals surface area contributed by atoms with Gasteiger partial charge in [-0.25, -0.2) is 0 Å². The zero-order chi connectivity index (χ0) is 13.8. The first-order valence-corrected chi connectivity index (χ1v) is 10.3. The van der Waals surface area contributed by atoms with Crippen molar-refractivity contribution in [3.05, 3.63) is 0 Å². The first-order chi connectivity index (χ1) is 9.83. The van der Waals surface area contributed by atoms with Gasteiger partial charge in [-0.05, 0) is 37.5 Å². The summed E-state index contributed by atoms with van der Waals surface area (Å²) in [6.45, 7) is 5.10. The van der Waals surface area contributed by atoms with Crippen LogP contribution in [0.4, 0.5) is 0 Å². The van der Waals surface area contributed by atoms with Gasteiger partial charge in [0, 0.05) is 29.9 Å². The van der Waals surface area contributed by atoms with Crippen molar-refractivity contribution in [2.45, 2.75) is 43.9 Å². The Kier molecular flexibility index (Phi) is 5.59. The third kappa shape index (κ3) is 3.49. The van der Waals surface area contributed by atoms with Crippen LogP contribution in [0.2, 0.25) is 0 Å². The first kappa shape index (κ1) is 15.5. The molecule has 0 aromatic rings. The lowest BCUT2D eigenvalue weighted by Crippen LogP contribution is -2.53. The van der Waals surface area contributed by atoms with Crippen LogP contribution in [0.25, 0.3) is 0 Å². The minimum absolute atomic E-state index is 0.184. The lowest BCUT2D eigenvalue weighted by molar-refractivity contribution is -0.0955. The number of likely N-dealkylation sites (N-methyl/N-ethyl adjacent to an activating group) is 1. The van der Waals surface area contributed by atoms with Gasteiger partial charge < -0.3 is 14.8 Å². The smallest absolute Gasteiger partial charge is 0.0821 e. The van der Waals surface area contributed by atoms with Crippen LogP contribution in [-0.4, -0.2) is 60.5 Å². The minimum Gasteiger partial charge on any atom is -0.375 e. The van der Waals surface area contributed by atoms with E-state index in [2.05, 4.69) is 24.0 Å². The summed E-state index contributed by atoms with van der Waals surface area (Å²) in [5.41, 5.74) is 0.184. The molecule has 0 radical (unpaired) electrons. The molecule has 0 aromatic heterocycles. The number of hydrogen-bond acceptors (Lipinski definition) is 5. The highest BCUT2D eigenvalue weighted by Crippen LogP contribution is 2.42. The van der Waals surface area contributed by atoms with Crippen molar-refractivity contribution < 1.29 is 9.47 Å². The molecule has 3 nitrogen and oxygen atoms in total. The van der Waals surface area contributed by atoms with Gasteiger partial charge in [0.05, 0.1) is 18.3 Å². The second kappa shape index (κ2) is 7.23. The van der Waals surface area contributed by atoms with Crippen LogP contribution in [0.15, 0.2) is 0 Å². The van der Waals surface area contributed by atoms with Crippen LogP contribution >= 0.6 is 23.5 Å². The topological polar surface area (TPSA) is 30.5 Å². The Bertz CT molecular complexity index is 304. The third-order valence-corrected chi connectivity index (χ3v) is 7.03. The predicted octanol–water partition coefficient (Wildman–Crippen LogP) is 2.40. The maximum atomic E-state index is 6.18. The molecule has 3 heterocycles. The molecule has 116 valence electrons. The lowest BCUT2D eigenvalue weighted by Gasteiger charge is -2.43. The summed E-state index contributed by atoms with van der Waals surface area (Å²) < 4.78 is 12.2. The standard InChI is InChI=1S/C15H27NO2S2/c1-2-16-14(13-10-19-8-6-17-13)12-3-5-18-15(9-12)4-7-20-11-15/h12-14,16H,2-11H2,1H3. The molecule has 1 N–H and O–H groups in total. The van der Waals surface area contributed by atoms with E-state index in [9.17, 15) is 0 Å². The predicted molar refractivity (Wildman–Crippen MR) is 87.9 cm³/mol. The summed E-state index contributed by atoms with van der Waals surface area (Å²) in [5, 5.41) is 3.73. The van der Waals surface area contributed by atoms with E-state index in [-0.39, 0.29) is 5.60 Å². The highest BCUT2D eigenvalue weighted by atomic mass is 32.2. The maximum absolute atomic E-state index is 6.18. The quantitative estimate of drug-likeness (QED) is 0.860. The van der Waals surface area contributed by atoms with Crippen LogP contribution in [-0.2, 0) is 9.47 Å². The summed E-state index contributed by atoms with van der Waals surface area (Å²) in [4.78, 5) is 0. The van der Waals surface area contributed by atoms with E-state index in [0.717, 1.165) is 31.3 Å². The van der Waals surface area contributed by atoms with Crippen LogP contribution in [0.1, 0.15) is 26.2 Å². The summed E-state index contributed by atoms with van der Waals surface area (Å²) in [7, 11) is 0. The average Bonchev–Trinajstić information content (AvgIpc) is 2.93. The van der Waals surface area contributed by atoms with Gasteiger partial charge in [-0.15, -0.1) is 0 Å². The summed E-state index contributed by atoms with van der Waals surface area (Å²) in [5.74, 6) is 5.49. The Hall–Kier alpha value is 0.580. The molecule has 3 aliphatic rings. The molecule has 1 spiro atoms. The Morgan fingerprint density at radius 1 is 1.30 bits per heavy atom. The highest BCUT2D eigenvalue weighted by molar-refractivity contribution is 7.99. The number of nitrogens with one attached hydrogen (secondary N) is 1. The van der Waals surface area contributed by atoms with Crippen molar-refractivity contribution >= 4 is 23.5 Å². The van der Waals surface area contributed by atoms with Crippen LogP contribution in [0.3, 0.4) is 0 Å². The van der Waals surface area contributed by atoms with E-state index in [1.54, 1.807) is 0 Å². The molecule has 5 heteroatoms. The third-order valence-electron chi connectivity index (χ3n) is 4.79. The van der Waals surface area contributed by atoms with Gasteiger partial charge in [-0.3, -0.25) is 0 Å². The largest absolute Gasteiger partial charge is 0.375 e. The van der Waals surface area contributed by atoms with Crippen molar-refractivity contribution in [1.29, 1.82) is 0 Å². The summed E-state index contributed by atoms with van der Waals surface area (Å²) in [6.07, 6.45) is 4.05. The Morgan fingerprint density at radius 3 is 2.95 bits per heavy atom. The maximum Gasteiger partial charge on any atom is 0.0821 e. The van der Waals surface area contributed by atoms with Crippen molar-refractivity contribution in [2.75, 3.05) is 42.8 Å². The first-order valence-electron chi connectivity index (χ1n) is 7.97. The Balaban J connectivity index is 1.66. The van der Waals surface area contributed by atoms with Crippen LogP contribution < -0.4 is 5.32 Å². The highest BCUT2D eigenvalue weighted by Gasteiger charge is 2.44. The molecule has 0 amide bonds. The minimum atomic E-state index is 0.184. The fraction of sp³-hybridized carbons (Fsp3) is 1.00. The fourth-order valence-electron chi connectivity index (χ4n) is 3.79. The molecular weight excluding hydrogens is 290 g/mol. The molecule has 3 aliphatic heterocycles. The summed E-state index contributed by atoms with van der Waals surface area (Å²) >= 11 is 4.11. The van der Waals surface area contributed by atoms with Crippen LogP contribution in [0.5, 0.6) is 0 Å². The lowest BCUT2D eigenvalue weighted by atomic mass is 9.79. The average molecular weight is 318 g/mol. The van der Waals surface area contributed by atoms with Gasteiger partial charge in [-0.2, -0.15) is 23.5 Å². The molecule has 0 aliphatic carbocycles. The number of rotatable bonds is 4. The second-order valence-corrected chi connectivity index (χ2v) is 8.41. The van der Waals surface area contributed by atoms with E-state index in [4.69, 9.17) is 9.47 Å². The fourth-order valence-corrected chi connectivity index (χ4v) is 6.08. The normalized spacial score (nSPS) is 40.0. The molecule has 3 rings (SSSR count). The van der Waals surface area contributed by atoms with Gasteiger partial charge in [0.2, 0.25) is 0 Å². The van der Waals surface area contributed by atoms with Gasteiger partial charge in [-0.1, -0.05) is 6.92 Å². The van der Waals surface area contributed by atoms with Crippen molar-refractivity contribution in [3.8, 4) is 0 Å². The van der Waals surface area contributed by atoms with Gasteiger partial charge in [0.15, 0.2) is 0 Å².